The van der Waals surface area contributed by atoms with Crippen LogP contribution in [0.5, 0.6) is 0 Å². The zero-order chi connectivity index (χ0) is 11.5. The Morgan fingerprint density at radius 3 is 2.88 bits per heavy atom. The lowest BCUT2D eigenvalue weighted by molar-refractivity contribution is 0.318. The molecular formula is C10H15N5O. The number of nitrogens with zero attached hydrogens (tertiary/aromatic N) is 4. The molecule has 16 heavy (non-hydrogen) atoms. The second kappa shape index (κ2) is 4.34. The Hall–Kier alpha value is -1.85. The van der Waals surface area contributed by atoms with Gasteiger partial charge in [-0.25, -0.2) is 9.97 Å². The highest BCUT2D eigenvalue weighted by Crippen LogP contribution is 2.30. The van der Waals surface area contributed by atoms with Crippen LogP contribution >= 0.6 is 0 Å². The zero-order valence-corrected chi connectivity index (χ0v) is 9.17. The number of oxime groups is 1. The standard InChI is InChI=1S/C10H15N5O/c1-15(6-7-2-3-7)10-8(9(11)14-16)12-4-5-13-10/h4-5,7,16H,2-3,6H2,1H3,(H2,11,14). The molecule has 1 heterocycles. The summed E-state index contributed by atoms with van der Waals surface area (Å²) in [6.45, 7) is 0.935. The summed E-state index contributed by atoms with van der Waals surface area (Å²) in [6, 6.07) is 0. The van der Waals surface area contributed by atoms with Crippen molar-refractivity contribution in [1.29, 1.82) is 0 Å². The first-order valence-corrected chi connectivity index (χ1v) is 5.22. The number of amidine groups is 1. The quantitative estimate of drug-likeness (QED) is 0.333. The normalized spacial score (nSPS) is 16.2. The molecule has 1 aromatic heterocycles. The van der Waals surface area contributed by atoms with Gasteiger partial charge in [-0.05, 0) is 18.8 Å². The third-order valence-corrected chi connectivity index (χ3v) is 2.62. The summed E-state index contributed by atoms with van der Waals surface area (Å²) >= 11 is 0. The van der Waals surface area contributed by atoms with Gasteiger partial charge in [-0.2, -0.15) is 0 Å². The molecule has 2 rings (SSSR count). The number of nitrogens with two attached hydrogens (primary N) is 1. The minimum atomic E-state index is -0.00857. The molecule has 1 fully saturated rings. The molecule has 6 nitrogen and oxygen atoms in total. The van der Waals surface area contributed by atoms with Gasteiger partial charge in [-0.3, -0.25) is 0 Å². The molecule has 3 N–H and O–H groups in total. The molecule has 6 heteroatoms. The van der Waals surface area contributed by atoms with E-state index in [4.69, 9.17) is 10.9 Å². The lowest BCUT2D eigenvalue weighted by Crippen LogP contribution is -2.26. The molecule has 0 bridgehead atoms. The Kier molecular flexibility index (Phi) is 2.89. The molecule has 0 unspecified atom stereocenters. The summed E-state index contributed by atoms with van der Waals surface area (Å²) in [5.41, 5.74) is 5.97. The molecule has 0 aliphatic heterocycles. The third kappa shape index (κ3) is 2.21. The van der Waals surface area contributed by atoms with E-state index in [1.807, 2.05) is 11.9 Å². The minimum Gasteiger partial charge on any atom is -0.409 e. The summed E-state index contributed by atoms with van der Waals surface area (Å²) in [7, 11) is 1.94. The first-order chi connectivity index (χ1) is 7.72. The molecular weight excluding hydrogens is 206 g/mol. The summed E-state index contributed by atoms with van der Waals surface area (Å²) in [5, 5.41) is 11.6. The summed E-state index contributed by atoms with van der Waals surface area (Å²) in [5.74, 6) is 1.39. The molecule has 0 aromatic carbocycles. The fraction of sp³-hybridized carbons (Fsp3) is 0.500. The predicted octanol–water partition coefficient (Wildman–Crippen LogP) is 0.417. The topological polar surface area (TPSA) is 87.6 Å². The molecule has 0 saturated heterocycles. The molecule has 0 atom stereocenters. The van der Waals surface area contributed by atoms with E-state index in [0.29, 0.717) is 11.5 Å². The zero-order valence-electron chi connectivity index (χ0n) is 9.17. The van der Waals surface area contributed by atoms with Gasteiger partial charge in [0.05, 0.1) is 0 Å². The Morgan fingerprint density at radius 1 is 1.56 bits per heavy atom. The van der Waals surface area contributed by atoms with Gasteiger partial charge >= 0.3 is 0 Å². The van der Waals surface area contributed by atoms with E-state index >= 15 is 0 Å². The fourth-order valence-electron chi connectivity index (χ4n) is 1.61. The van der Waals surface area contributed by atoms with Crippen LogP contribution in [0.2, 0.25) is 0 Å². The minimum absolute atomic E-state index is 0.00857. The van der Waals surface area contributed by atoms with E-state index in [1.54, 1.807) is 6.20 Å². The summed E-state index contributed by atoms with van der Waals surface area (Å²) < 4.78 is 0. The van der Waals surface area contributed by atoms with Crippen molar-refractivity contribution < 1.29 is 5.21 Å². The van der Waals surface area contributed by atoms with Gasteiger partial charge in [0.15, 0.2) is 17.3 Å². The van der Waals surface area contributed by atoms with Crippen LogP contribution < -0.4 is 10.6 Å². The van der Waals surface area contributed by atoms with Crippen LogP contribution in [0, 0.1) is 5.92 Å². The highest BCUT2D eigenvalue weighted by molar-refractivity contribution is 5.99. The van der Waals surface area contributed by atoms with Crippen LogP contribution in [0.3, 0.4) is 0 Å². The molecule has 1 aromatic rings. The maximum atomic E-state index is 8.67. The second-order valence-corrected chi connectivity index (χ2v) is 4.04. The van der Waals surface area contributed by atoms with E-state index in [0.717, 1.165) is 12.5 Å². The lowest BCUT2D eigenvalue weighted by Gasteiger charge is -2.19. The third-order valence-electron chi connectivity index (χ3n) is 2.62. The van der Waals surface area contributed by atoms with Crippen molar-refractivity contribution in [3.63, 3.8) is 0 Å². The number of anilines is 1. The monoisotopic (exact) mass is 221 g/mol. The molecule has 0 amide bonds. The maximum absolute atomic E-state index is 8.67. The maximum Gasteiger partial charge on any atom is 0.192 e. The second-order valence-electron chi connectivity index (χ2n) is 4.04. The van der Waals surface area contributed by atoms with Crippen LogP contribution in [-0.4, -0.2) is 34.6 Å². The van der Waals surface area contributed by atoms with Crippen molar-refractivity contribution in [2.75, 3.05) is 18.5 Å². The fourth-order valence-corrected chi connectivity index (χ4v) is 1.61. The van der Waals surface area contributed by atoms with E-state index in [2.05, 4.69) is 15.1 Å². The number of aromatic nitrogens is 2. The van der Waals surface area contributed by atoms with Crippen molar-refractivity contribution in [1.82, 2.24) is 9.97 Å². The lowest BCUT2D eigenvalue weighted by atomic mass is 10.3. The van der Waals surface area contributed by atoms with E-state index in [-0.39, 0.29) is 5.84 Å². The van der Waals surface area contributed by atoms with Gasteiger partial charge in [0, 0.05) is 26.0 Å². The van der Waals surface area contributed by atoms with E-state index in [1.165, 1.54) is 19.0 Å². The van der Waals surface area contributed by atoms with E-state index < -0.39 is 0 Å². The first kappa shape index (κ1) is 10.7. The van der Waals surface area contributed by atoms with Gasteiger partial charge < -0.3 is 15.8 Å². The van der Waals surface area contributed by atoms with Gasteiger partial charge in [0.1, 0.15) is 0 Å². The Morgan fingerprint density at radius 2 is 2.25 bits per heavy atom. The Labute approximate surface area is 93.8 Å². The average Bonchev–Trinajstić information content (AvgIpc) is 3.12. The van der Waals surface area contributed by atoms with Crippen LogP contribution in [0.25, 0.3) is 0 Å². The molecule has 1 saturated carbocycles. The molecule has 0 radical (unpaired) electrons. The van der Waals surface area contributed by atoms with Gasteiger partial charge in [0.2, 0.25) is 0 Å². The average molecular weight is 221 g/mol. The molecule has 0 spiro atoms. The van der Waals surface area contributed by atoms with Gasteiger partial charge in [-0.15, -0.1) is 0 Å². The van der Waals surface area contributed by atoms with Crippen molar-refractivity contribution in [2.24, 2.45) is 16.8 Å². The molecule has 1 aliphatic carbocycles. The van der Waals surface area contributed by atoms with E-state index in [9.17, 15) is 0 Å². The largest absolute Gasteiger partial charge is 0.409 e. The van der Waals surface area contributed by atoms with Crippen molar-refractivity contribution in [3.05, 3.63) is 18.1 Å². The summed E-state index contributed by atoms with van der Waals surface area (Å²) in [6.07, 6.45) is 5.67. The first-order valence-electron chi connectivity index (χ1n) is 5.22. The van der Waals surface area contributed by atoms with Crippen LogP contribution in [0.4, 0.5) is 5.82 Å². The van der Waals surface area contributed by atoms with Gasteiger partial charge in [0.25, 0.3) is 0 Å². The smallest absolute Gasteiger partial charge is 0.192 e. The number of hydrogen-bond donors (Lipinski definition) is 2. The van der Waals surface area contributed by atoms with Gasteiger partial charge in [-0.1, -0.05) is 5.16 Å². The van der Waals surface area contributed by atoms with Crippen LogP contribution in [0.1, 0.15) is 18.5 Å². The predicted molar refractivity (Wildman–Crippen MR) is 60.5 cm³/mol. The Bertz CT molecular complexity index is 402. The Balaban J connectivity index is 2.23. The highest BCUT2D eigenvalue weighted by atomic mass is 16.4. The molecule has 86 valence electrons. The van der Waals surface area contributed by atoms with Crippen molar-refractivity contribution in [3.8, 4) is 0 Å². The van der Waals surface area contributed by atoms with Crippen molar-refractivity contribution in [2.45, 2.75) is 12.8 Å². The SMILES string of the molecule is CN(CC1CC1)c1nccnc1C(N)=NO. The number of rotatable bonds is 4. The number of hydrogen-bond acceptors (Lipinski definition) is 5. The van der Waals surface area contributed by atoms with Crippen LogP contribution in [-0.2, 0) is 0 Å². The highest BCUT2D eigenvalue weighted by Gasteiger charge is 2.25. The summed E-state index contributed by atoms with van der Waals surface area (Å²) in [4.78, 5) is 10.3. The molecule has 1 aliphatic rings. The van der Waals surface area contributed by atoms with Crippen molar-refractivity contribution >= 4 is 11.7 Å². The van der Waals surface area contributed by atoms with Crippen LogP contribution in [0.15, 0.2) is 17.5 Å².